The van der Waals surface area contributed by atoms with Gasteiger partial charge in [-0.1, -0.05) is 29.3 Å². The molecule has 1 aromatic carbocycles. The van der Waals surface area contributed by atoms with Gasteiger partial charge >= 0.3 is 0 Å². The van der Waals surface area contributed by atoms with E-state index in [0.717, 1.165) is 32.5 Å². The molecule has 3 rings (SSSR count). The fourth-order valence-electron chi connectivity index (χ4n) is 3.39. The van der Waals surface area contributed by atoms with Crippen molar-refractivity contribution in [3.8, 4) is 0 Å². The summed E-state index contributed by atoms with van der Waals surface area (Å²) in [5.74, 6) is 1.37. The first kappa shape index (κ1) is 12.7. The van der Waals surface area contributed by atoms with Crippen LogP contribution in [0.4, 0.5) is 0 Å². The highest BCUT2D eigenvalue weighted by molar-refractivity contribution is 6.42. The molecular formula is C14H17Cl2NO. The van der Waals surface area contributed by atoms with Gasteiger partial charge in [-0.3, -0.25) is 4.90 Å². The van der Waals surface area contributed by atoms with E-state index in [0.29, 0.717) is 21.9 Å². The van der Waals surface area contributed by atoms with Crippen LogP contribution in [0.15, 0.2) is 18.2 Å². The molecule has 4 heteroatoms. The molecule has 2 fully saturated rings. The normalized spacial score (nSPS) is 31.8. The lowest BCUT2D eigenvalue weighted by molar-refractivity contribution is 0.161. The number of halogens is 2. The molecule has 0 aromatic heterocycles. The summed E-state index contributed by atoms with van der Waals surface area (Å²) < 4.78 is 0. The van der Waals surface area contributed by atoms with Crippen LogP contribution in [0.25, 0.3) is 0 Å². The zero-order chi connectivity index (χ0) is 12.7. The Morgan fingerprint density at radius 1 is 1.11 bits per heavy atom. The third-order valence-electron chi connectivity index (χ3n) is 4.19. The second kappa shape index (κ2) is 5.01. The van der Waals surface area contributed by atoms with Crippen LogP contribution >= 0.6 is 23.2 Å². The van der Waals surface area contributed by atoms with Gasteiger partial charge < -0.3 is 5.11 Å². The predicted octanol–water partition coefficient (Wildman–Crippen LogP) is 3.20. The van der Waals surface area contributed by atoms with E-state index in [-0.39, 0.29) is 6.10 Å². The fraction of sp³-hybridized carbons (Fsp3) is 0.571. The molecule has 0 spiro atoms. The predicted molar refractivity (Wildman–Crippen MR) is 74.0 cm³/mol. The average molecular weight is 286 g/mol. The number of aliphatic hydroxyl groups is 1. The first-order valence-corrected chi connectivity index (χ1v) is 7.22. The molecule has 0 bridgehead atoms. The lowest BCUT2D eigenvalue weighted by Gasteiger charge is -2.17. The van der Waals surface area contributed by atoms with Crippen LogP contribution in [0.2, 0.25) is 10.0 Å². The van der Waals surface area contributed by atoms with Gasteiger partial charge in [0, 0.05) is 19.6 Å². The third kappa shape index (κ3) is 2.53. The van der Waals surface area contributed by atoms with Gasteiger partial charge in [-0.2, -0.15) is 0 Å². The number of fused-ring (bicyclic) bond motifs is 1. The Labute approximate surface area is 117 Å². The summed E-state index contributed by atoms with van der Waals surface area (Å²) in [6.07, 6.45) is 1.89. The first-order valence-electron chi connectivity index (χ1n) is 6.46. The van der Waals surface area contributed by atoms with Crippen LogP contribution in [0, 0.1) is 11.8 Å². The van der Waals surface area contributed by atoms with Crippen molar-refractivity contribution in [2.45, 2.75) is 25.5 Å². The average Bonchev–Trinajstić information content (AvgIpc) is 2.80. The van der Waals surface area contributed by atoms with Crippen molar-refractivity contribution in [3.63, 3.8) is 0 Å². The molecule has 1 N–H and O–H groups in total. The molecule has 98 valence electrons. The van der Waals surface area contributed by atoms with Crippen molar-refractivity contribution in [2.75, 3.05) is 13.1 Å². The van der Waals surface area contributed by atoms with E-state index in [1.165, 1.54) is 5.56 Å². The largest absolute Gasteiger partial charge is 0.393 e. The van der Waals surface area contributed by atoms with Gasteiger partial charge in [0.25, 0.3) is 0 Å². The van der Waals surface area contributed by atoms with Crippen molar-refractivity contribution in [1.82, 2.24) is 4.90 Å². The van der Waals surface area contributed by atoms with Crippen molar-refractivity contribution < 1.29 is 5.11 Å². The van der Waals surface area contributed by atoms with Crippen LogP contribution in [0.3, 0.4) is 0 Å². The minimum Gasteiger partial charge on any atom is -0.393 e. The SMILES string of the molecule is OC1C[C@@H]2CN(Cc3ccc(Cl)c(Cl)c3)C[C@@H]2C1. The van der Waals surface area contributed by atoms with Gasteiger partial charge in [0.15, 0.2) is 0 Å². The molecule has 1 aliphatic carbocycles. The molecular weight excluding hydrogens is 269 g/mol. The smallest absolute Gasteiger partial charge is 0.0595 e. The van der Waals surface area contributed by atoms with Crippen LogP contribution < -0.4 is 0 Å². The molecule has 1 unspecified atom stereocenters. The molecule has 2 nitrogen and oxygen atoms in total. The van der Waals surface area contributed by atoms with Gasteiger partial charge in [0.05, 0.1) is 16.1 Å². The van der Waals surface area contributed by atoms with E-state index in [9.17, 15) is 5.11 Å². The fourth-order valence-corrected chi connectivity index (χ4v) is 3.71. The molecule has 1 heterocycles. The molecule has 0 amide bonds. The lowest BCUT2D eigenvalue weighted by atomic mass is 10.0. The minimum atomic E-state index is -0.0628. The van der Waals surface area contributed by atoms with Crippen molar-refractivity contribution >= 4 is 23.2 Å². The van der Waals surface area contributed by atoms with Gasteiger partial charge in [0.2, 0.25) is 0 Å². The number of aliphatic hydroxyl groups excluding tert-OH is 1. The molecule has 3 atom stereocenters. The summed E-state index contributed by atoms with van der Waals surface area (Å²) in [5.41, 5.74) is 1.21. The van der Waals surface area contributed by atoms with Crippen LogP contribution in [0.5, 0.6) is 0 Å². The maximum Gasteiger partial charge on any atom is 0.0595 e. The lowest BCUT2D eigenvalue weighted by Crippen LogP contribution is -2.22. The van der Waals surface area contributed by atoms with Crippen LogP contribution in [-0.2, 0) is 6.54 Å². The van der Waals surface area contributed by atoms with E-state index >= 15 is 0 Å². The number of nitrogens with zero attached hydrogens (tertiary/aromatic N) is 1. The van der Waals surface area contributed by atoms with Gasteiger partial charge in [-0.05, 0) is 42.4 Å². The second-order valence-electron chi connectivity index (χ2n) is 5.59. The summed E-state index contributed by atoms with van der Waals surface area (Å²) >= 11 is 11.9. The molecule has 1 saturated carbocycles. The van der Waals surface area contributed by atoms with E-state index < -0.39 is 0 Å². The van der Waals surface area contributed by atoms with Gasteiger partial charge in [-0.25, -0.2) is 0 Å². The molecule has 0 radical (unpaired) electrons. The maximum absolute atomic E-state index is 9.63. The number of benzene rings is 1. The highest BCUT2D eigenvalue weighted by atomic mass is 35.5. The molecule has 1 aromatic rings. The van der Waals surface area contributed by atoms with E-state index in [1.807, 2.05) is 18.2 Å². The summed E-state index contributed by atoms with van der Waals surface area (Å²) in [6, 6.07) is 5.85. The number of rotatable bonds is 2. The maximum atomic E-state index is 9.63. The Bertz CT molecular complexity index is 437. The van der Waals surface area contributed by atoms with Crippen molar-refractivity contribution in [2.24, 2.45) is 11.8 Å². The van der Waals surface area contributed by atoms with Gasteiger partial charge in [0.1, 0.15) is 0 Å². The zero-order valence-electron chi connectivity index (χ0n) is 10.1. The number of hydrogen-bond donors (Lipinski definition) is 1. The number of hydrogen-bond acceptors (Lipinski definition) is 2. The topological polar surface area (TPSA) is 23.5 Å². The van der Waals surface area contributed by atoms with Crippen molar-refractivity contribution in [1.29, 1.82) is 0 Å². The summed E-state index contributed by atoms with van der Waals surface area (Å²) in [6.45, 7) is 3.13. The highest BCUT2D eigenvalue weighted by Crippen LogP contribution is 2.38. The Balaban J connectivity index is 1.63. The molecule has 1 saturated heterocycles. The Kier molecular flexibility index (Phi) is 3.55. The number of likely N-dealkylation sites (tertiary alicyclic amines) is 1. The standard InChI is InChI=1S/C14H17Cl2NO/c15-13-2-1-9(3-14(13)16)6-17-7-10-4-12(18)5-11(10)8-17/h1-3,10-12,18H,4-8H2/t10-,11+,12?. The monoisotopic (exact) mass is 285 g/mol. The van der Waals surface area contributed by atoms with E-state index in [1.54, 1.807) is 0 Å². The zero-order valence-corrected chi connectivity index (χ0v) is 11.7. The summed E-state index contributed by atoms with van der Waals surface area (Å²) in [7, 11) is 0. The molecule has 2 aliphatic rings. The summed E-state index contributed by atoms with van der Waals surface area (Å²) in [4.78, 5) is 2.46. The van der Waals surface area contributed by atoms with Crippen LogP contribution in [-0.4, -0.2) is 29.2 Å². The molecule has 1 aliphatic heterocycles. The molecule has 18 heavy (non-hydrogen) atoms. The second-order valence-corrected chi connectivity index (χ2v) is 6.40. The Morgan fingerprint density at radius 2 is 1.78 bits per heavy atom. The van der Waals surface area contributed by atoms with Gasteiger partial charge in [-0.15, -0.1) is 0 Å². The van der Waals surface area contributed by atoms with E-state index in [2.05, 4.69) is 4.90 Å². The Morgan fingerprint density at radius 3 is 2.39 bits per heavy atom. The van der Waals surface area contributed by atoms with Crippen LogP contribution in [0.1, 0.15) is 18.4 Å². The highest BCUT2D eigenvalue weighted by Gasteiger charge is 2.39. The van der Waals surface area contributed by atoms with Crippen molar-refractivity contribution in [3.05, 3.63) is 33.8 Å². The first-order chi connectivity index (χ1) is 8.61. The third-order valence-corrected chi connectivity index (χ3v) is 4.93. The minimum absolute atomic E-state index is 0.0628. The van der Waals surface area contributed by atoms with E-state index in [4.69, 9.17) is 23.2 Å². The Hall–Kier alpha value is -0.280. The summed E-state index contributed by atoms with van der Waals surface area (Å²) in [5, 5.41) is 10.9. The quantitative estimate of drug-likeness (QED) is 0.902.